The summed E-state index contributed by atoms with van der Waals surface area (Å²) in [6.45, 7) is 0. The molecule has 1 aromatic heterocycles. The molecule has 0 aliphatic heterocycles. The zero-order valence-electron chi connectivity index (χ0n) is 9.45. The minimum Gasteiger partial charge on any atom is -0.361 e. The smallest absolute Gasteiger partial charge is 0.0454 e. The van der Waals surface area contributed by atoms with Gasteiger partial charge in [0, 0.05) is 17.8 Å². The Labute approximate surface area is 95.8 Å². The number of rotatable bonds is 2. The molecule has 1 aliphatic rings. The van der Waals surface area contributed by atoms with E-state index in [9.17, 15) is 0 Å². The van der Waals surface area contributed by atoms with Gasteiger partial charge in [-0.3, -0.25) is 0 Å². The second-order valence-electron chi connectivity index (χ2n) is 4.89. The van der Waals surface area contributed by atoms with Gasteiger partial charge in [0.25, 0.3) is 0 Å². The number of hydrogen-bond donors (Lipinski definition) is 2. The minimum absolute atomic E-state index is 0.224. The van der Waals surface area contributed by atoms with Gasteiger partial charge in [0.05, 0.1) is 0 Å². The van der Waals surface area contributed by atoms with Gasteiger partial charge in [-0.2, -0.15) is 0 Å². The van der Waals surface area contributed by atoms with Gasteiger partial charge in [0.2, 0.25) is 0 Å². The Hall–Kier alpha value is -1.28. The largest absolute Gasteiger partial charge is 0.361 e. The summed E-state index contributed by atoms with van der Waals surface area (Å²) in [4.78, 5) is 3.21. The lowest BCUT2D eigenvalue weighted by atomic mass is 9.92. The zero-order valence-corrected chi connectivity index (χ0v) is 9.45. The van der Waals surface area contributed by atoms with E-state index in [1.807, 2.05) is 6.20 Å². The fourth-order valence-electron chi connectivity index (χ4n) is 2.87. The number of hydrogen-bond acceptors (Lipinski definition) is 1. The van der Waals surface area contributed by atoms with Gasteiger partial charge in [-0.05, 0) is 47.9 Å². The molecule has 0 radical (unpaired) electrons. The maximum absolute atomic E-state index is 6.35. The lowest BCUT2D eigenvalue weighted by Gasteiger charge is -2.19. The summed E-state index contributed by atoms with van der Waals surface area (Å²) in [5.41, 5.74) is 8.84. The van der Waals surface area contributed by atoms with Gasteiger partial charge in [-0.15, -0.1) is 0 Å². The minimum atomic E-state index is 0.224. The molecule has 16 heavy (non-hydrogen) atoms. The Morgan fingerprint density at radius 3 is 2.81 bits per heavy atom. The second-order valence-corrected chi connectivity index (χ2v) is 4.89. The van der Waals surface area contributed by atoms with E-state index < -0.39 is 0 Å². The summed E-state index contributed by atoms with van der Waals surface area (Å²) in [6.07, 6.45) is 7.28. The first kappa shape index (κ1) is 9.91. The maximum Gasteiger partial charge on any atom is 0.0454 e. The third-order valence-electron chi connectivity index (χ3n) is 3.87. The summed E-state index contributed by atoms with van der Waals surface area (Å²) in [6, 6.07) is 8.87. The highest BCUT2D eigenvalue weighted by Gasteiger charge is 2.23. The number of nitrogens with one attached hydrogen (secondary N) is 1. The summed E-state index contributed by atoms with van der Waals surface area (Å²) in [5.74, 6) is 0.691. The van der Waals surface area contributed by atoms with Crippen LogP contribution in [0.15, 0.2) is 30.5 Å². The molecular weight excluding hydrogens is 196 g/mol. The van der Waals surface area contributed by atoms with E-state index in [1.54, 1.807) is 0 Å². The Balaban J connectivity index is 1.91. The van der Waals surface area contributed by atoms with Crippen molar-refractivity contribution in [3.8, 4) is 0 Å². The van der Waals surface area contributed by atoms with Crippen LogP contribution in [0.1, 0.15) is 37.3 Å². The third-order valence-corrected chi connectivity index (χ3v) is 3.87. The van der Waals surface area contributed by atoms with Gasteiger partial charge in [-0.1, -0.05) is 18.9 Å². The Morgan fingerprint density at radius 1 is 1.19 bits per heavy atom. The molecule has 3 N–H and O–H groups in total. The number of aromatic amines is 1. The summed E-state index contributed by atoms with van der Waals surface area (Å²) < 4.78 is 0. The molecule has 0 unspecified atom stereocenters. The Morgan fingerprint density at radius 2 is 2.00 bits per heavy atom. The van der Waals surface area contributed by atoms with Crippen LogP contribution in [-0.2, 0) is 0 Å². The van der Waals surface area contributed by atoms with E-state index in [1.165, 1.54) is 42.1 Å². The van der Waals surface area contributed by atoms with E-state index in [0.717, 1.165) is 0 Å². The highest BCUT2D eigenvalue weighted by Crippen LogP contribution is 2.34. The van der Waals surface area contributed by atoms with Crippen molar-refractivity contribution in [3.63, 3.8) is 0 Å². The zero-order chi connectivity index (χ0) is 11.0. The third kappa shape index (κ3) is 1.63. The van der Waals surface area contributed by atoms with Gasteiger partial charge >= 0.3 is 0 Å². The van der Waals surface area contributed by atoms with Crippen molar-refractivity contribution in [1.82, 2.24) is 4.98 Å². The van der Waals surface area contributed by atoms with E-state index >= 15 is 0 Å². The number of aromatic nitrogens is 1. The first-order valence-corrected chi connectivity index (χ1v) is 6.17. The van der Waals surface area contributed by atoms with Crippen molar-refractivity contribution < 1.29 is 0 Å². The molecule has 1 saturated carbocycles. The van der Waals surface area contributed by atoms with Gasteiger partial charge < -0.3 is 10.7 Å². The molecule has 1 heterocycles. The van der Waals surface area contributed by atoms with Crippen LogP contribution in [0.4, 0.5) is 0 Å². The van der Waals surface area contributed by atoms with Crippen LogP contribution in [0, 0.1) is 5.92 Å². The predicted octanol–water partition coefficient (Wildman–Crippen LogP) is 3.36. The van der Waals surface area contributed by atoms with Crippen LogP contribution in [0.25, 0.3) is 10.9 Å². The standard InChI is InChI=1S/C14H18N2/c15-14(10-3-1-2-4-10)12-5-6-13-11(9-12)7-8-16-13/h5-10,14,16H,1-4,15H2/t14-/m0/s1. The quantitative estimate of drug-likeness (QED) is 0.790. The molecule has 0 saturated heterocycles. The van der Waals surface area contributed by atoms with Crippen molar-refractivity contribution in [2.75, 3.05) is 0 Å². The van der Waals surface area contributed by atoms with Crippen LogP contribution in [-0.4, -0.2) is 4.98 Å². The average Bonchev–Trinajstić information content (AvgIpc) is 2.98. The number of nitrogens with two attached hydrogens (primary N) is 1. The molecular formula is C14H18N2. The van der Waals surface area contributed by atoms with Crippen LogP contribution in [0.3, 0.4) is 0 Å². The van der Waals surface area contributed by atoms with Crippen LogP contribution in [0.5, 0.6) is 0 Å². The molecule has 2 heteroatoms. The molecule has 1 atom stereocenters. The first-order chi connectivity index (χ1) is 7.84. The molecule has 84 valence electrons. The van der Waals surface area contributed by atoms with Gasteiger partial charge in [0.1, 0.15) is 0 Å². The first-order valence-electron chi connectivity index (χ1n) is 6.17. The molecule has 1 aliphatic carbocycles. The number of fused-ring (bicyclic) bond motifs is 1. The van der Waals surface area contributed by atoms with E-state index in [2.05, 4.69) is 29.2 Å². The molecule has 1 aromatic carbocycles. The topological polar surface area (TPSA) is 41.8 Å². The molecule has 2 nitrogen and oxygen atoms in total. The number of H-pyrrole nitrogens is 1. The molecule has 0 bridgehead atoms. The predicted molar refractivity (Wildman–Crippen MR) is 67.2 cm³/mol. The second kappa shape index (κ2) is 3.95. The Kier molecular flexibility index (Phi) is 2.44. The van der Waals surface area contributed by atoms with Crippen molar-refractivity contribution in [2.24, 2.45) is 11.7 Å². The van der Waals surface area contributed by atoms with Crippen molar-refractivity contribution in [2.45, 2.75) is 31.7 Å². The lowest BCUT2D eigenvalue weighted by molar-refractivity contribution is 0.445. The normalized spacial score (nSPS) is 19.3. The van der Waals surface area contributed by atoms with Crippen molar-refractivity contribution in [3.05, 3.63) is 36.0 Å². The molecule has 2 aromatic rings. The summed E-state index contributed by atoms with van der Waals surface area (Å²) in [5, 5.41) is 1.27. The van der Waals surface area contributed by atoms with E-state index in [0.29, 0.717) is 5.92 Å². The molecule has 0 spiro atoms. The fraction of sp³-hybridized carbons (Fsp3) is 0.429. The number of benzene rings is 1. The van der Waals surface area contributed by atoms with Crippen molar-refractivity contribution >= 4 is 10.9 Å². The van der Waals surface area contributed by atoms with E-state index in [4.69, 9.17) is 5.73 Å². The summed E-state index contributed by atoms with van der Waals surface area (Å²) in [7, 11) is 0. The van der Waals surface area contributed by atoms with Crippen molar-refractivity contribution in [1.29, 1.82) is 0 Å². The van der Waals surface area contributed by atoms with E-state index in [-0.39, 0.29) is 6.04 Å². The monoisotopic (exact) mass is 214 g/mol. The summed E-state index contributed by atoms with van der Waals surface area (Å²) >= 11 is 0. The van der Waals surface area contributed by atoms with Crippen LogP contribution < -0.4 is 5.73 Å². The van der Waals surface area contributed by atoms with Gasteiger partial charge in [0.15, 0.2) is 0 Å². The lowest BCUT2D eigenvalue weighted by Crippen LogP contribution is -2.18. The van der Waals surface area contributed by atoms with Crippen LogP contribution in [0.2, 0.25) is 0 Å². The average molecular weight is 214 g/mol. The fourth-order valence-corrected chi connectivity index (χ4v) is 2.87. The SMILES string of the molecule is N[C@H](c1ccc2[nH]ccc2c1)C1CCCC1. The molecule has 0 amide bonds. The molecule has 1 fully saturated rings. The highest BCUT2D eigenvalue weighted by molar-refractivity contribution is 5.80. The maximum atomic E-state index is 6.35. The van der Waals surface area contributed by atoms with Gasteiger partial charge in [-0.25, -0.2) is 0 Å². The van der Waals surface area contributed by atoms with Crippen LogP contribution >= 0.6 is 0 Å². The molecule has 3 rings (SSSR count). The highest BCUT2D eigenvalue weighted by atomic mass is 14.7. The Bertz CT molecular complexity index is 480.